The average molecular weight is 301 g/mol. The van der Waals surface area contributed by atoms with Gasteiger partial charge in [0.2, 0.25) is 5.91 Å². The second-order valence-corrected chi connectivity index (χ2v) is 5.96. The largest absolute Gasteiger partial charge is 0.346 e. The predicted molar refractivity (Wildman–Crippen MR) is 83.5 cm³/mol. The number of amides is 1. The summed E-state index contributed by atoms with van der Waals surface area (Å²) in [5, 5.41) is 0. The molecule has 6 heteroatoms. The van der Waals surface area contributed by atoms with E-state index in [-0.39, 0.29) is 5.91 Å². The van der Waals surface area contributed by atoms with Crippen LogP contribution in [0.4, 0.5) is 0 Å². The van der Waals surface area contributed by atoms with E-state index in [1.807, 2.05) is 28.8 Å². The third kappa shape index (κ3) is 3.05. The normalized spacial score (nSPS) is 18.6. The fraction of sp³-hybridized carbons (Fsp3) is 0.562. The van der Waals surface area contributed by atoms with Crippen LogP contribution in [0.15, 0.2) is 18.6 Å². The van der Waals surface area contributed by atoms with Gasteiger partial charge in [0.1, 0.15) is 18.2 Å². The van der Waals surface area contributed by atoms with E-state index < -0.39 is 0 Å². The molecule has 3 rings (SSSR count). The SMILES string of the molecule is CCc1nccn1CC(=O)N1CCC[C@@H](c2ncc(C)[nH]2)C1. The van der Waals surface area contributed by atoms with Gasteiger partial charge in [-0.2, -0.15) is 0 Å². The second-order valence-electron chi connectivity index (χ2n) is 5.96. The molecule has 1 saturated heterocycles. The number of nitrogens with one attached hydrogen (secondary N) is 1. The fourth-order valence-corrected chi connectivity index (χ4v) is 3.11. The second kappa shape index (κ2) is 6.34. The van der Waals surface area contributed by atoms with Crippen molar-refractivity contribution in [3.05, 3.63) is 35.9 Å². The number of aryl methyl sites for hydroxylation is 2. The summed E-state index contributed by atoms with van der Waals surface area (Å²) in [6, 6.07) is 0. The van der Waals surface area contributed by atoms with Crippen molar-refractivity contribution in [2.45, 2.75) is 45.6 Å². The Hall–Kier alpha value is -2.11. The predicted octanol–water partition coefficient (Wildman–Crippen LogP) is 1.88. The molecule has 118 valence electrons. The molecule has 2 aromatic rings. The smallest absolute Gasteiger partial charge is 0.242 e. The van der Waals surface area contributed by atoms with Crippen LogP contribution in [0.2, 0.25) is 0 Å². The molecule has 2 aromatic heterocycles. The highest BCUT2D eigenvalue weighted by Gasteiger charge is 2.26. The Labute approximate surface area is 130 Å². The van der Waals surface area contributed by atoms with Gasteiger partial charge in [0.15, 0.2) is 0 Å². The van der Waals surface area contributed by atoms with E-state index >= 15 is 0 Å². The molecule has 1 atom stereocenters. The number of aromatic amines is 1. The first-order valence-electron chi connectivity index (χ1n) is 7.96. The van der Waals surface area contributed by atoms with Gasteiger partial charge in [0.05, 0.1) is 0 Å². The molecule has 0 aromatic carbocycles. The third-order valence-electron chi connectivity index (χ3n) is 4.31. The number of nitrogens with zero attached hydrogens (tertiary/aromatic N) is 4. The summed E-state index contributed by atoms with van der Waals surface area (Å²) in [5.41, 5.74) is 1.07. The Kier molecular flexibility index (Phi) is 4.27. The number of piperidine rings is 1. The van der Waals surface area contributed by atoms with Gasteiger partial charge in [-0.15, -0.1) is 0 Å². The van der Waals surface area contributed by atoms with Gasteiger partial charge in [-0.05, 0) is 19.8 Å². The summed E-state index contributed by atoms with van der Waals surface area (Å²) in [5.74, 6) is 2.45. The van der Waals surface area contributed by atoms with Crippen molar-refractivity contribution in [2.24, 2.45) is 0 Å². The summed E-state index contributed by atoms with van der Waals surface area (Å²) >= 11 is 0. The highest BCUT2D eigenvalue weighted by molar-refractivity contribution is 5.76. The average Bonchev–Trinajstić information content (AvgIpc) is 3.16. The molecule has 1 fully saturated rings. The van der Waals surface area contributed by atoms with E-state index in [0.29, 0.717) is 12.5 Å². The molecule has 1 aliphatic rings. The molecule has 1 aliphatic heterocycles. The molecule has 0 aliphatic carbocycles. The van der Waals surface area contributed by atoms with Crippen LogP contribution in [-0.4, -0.2) is 43.4 Å². The number of H-pyrrole nitrogens is 1. The van der Waals surface area contributed by atoms with Crippen molar-refractivity contribution in [1.29, 1.82) is 0 Å². The molecular formula is C16H23N5O. The molecule has 0 radical (unpaired) electrons. The molecule has 0 saturated carbocycles. The Morgan fingerprint density at radius 3 is 3.05 bits per heavy atom. The van der Waals surface area contributed by atoms with E-state index in [9.17, 15) is 4.79 Å². The zero-order valence-electron chi connectivity index (χ0n) is 13.2. The minimum atomic E-state index is 0.167. The van der Waals surface area contributed by atoms with Gasteiger partial charge < -0.3 is 14.5 Å². The lowest BCUT2D eigenvalue weighted by molar-refractivity contribution is -0.133. The van der Waals surface area contributed by atoms with Crippen LogP contribution < -0.4 is 0 Å². The zero-order chi connectivity index (χ0) is 15.5. The van der Waals surface area contributed by atoms with E-state index in [0.717, 1.165) is 49.7 Å². The van der Waals surface area contributed by atoms with E-state index in [1.165, 1.54) is 0 Å². The fourth-order valence-electron chi connectivity index (χ4n) is 3.11. The number of hydrogen-bond donors (Lipinski definition) is 1. The van der Waals surface area contributed by atoms with Gasteiger partial charge in [-0.25, -0.2) is 9.97 Å². The summed E-state index contributed by atoms with van der Waals surface area (Å²) in [7, 11) is 0. The molecule has 6 nitrogen and oxygen atoms in total. The first kappa shape index (κ1) is 14.8. The molecule has 0 spiro atoms. The Morgan fingerprint density at radius 2 is 2.32 bits per heavy atom. The Morgan fingerprint density at radius 1 is 1.45 bits per heavy atom. The molecule has 22 heavy (non-hydrogen) atoms. The van der Waals surface area contributed by atoms with Gasteiger partial charge in [0.25, 0.3) is 0 Å². The minimum Gasteiger partial charge on any atom is -0.346 e. The number of carbonyl (C=O) groups excluding carboxylic acids is 1. The third-order valence-corrected chi connectivity index (χ3v) is 4.31. The molecule has 3 heterocycles. The standard InChI is InChI=1S/C16H23N5O/c1-3-14-17-6-8-20(14)11-15(22)21-7-4-5-13(10-21)16-18-9-12(2)19-16/h6,8-9,13H,3-5,7,10-11H2,1-2H3,(H,18,19)/t13-/m1/s1. The maximum atomic E-state index is 12.6. The highest BCUT2D eigenvalue weighted by atomic mass is 16.2. The monoisotopic (exact) mass is 301 g/mol. The Bertz CT molecular complexity index is 645. The van der Waals surface area contributed by atoms with Crippen LogP contribution in [0, 0.1) is 6.92 Å². The summed E-state index contributed by atoms with van der Waals surface area (Å²) in [6.07, 6.45) is 8.46. The molecule has 0 bridgehead atoms. The molecule has 0 unspecified atom stereocenters. The van der Waals surface area contributed by atoms with Gasteiger partial charge in [0, 0.05) is 49.7 Å². The molecular weight excluding hydrogens is 278 g/mol. The minimum absolute atomic E-state index is 0.167. The van der Waals surface area contributed by atoms with Crippen LogP contribution >= 0.6 is 0 Å². The van der Waals surface area contributed by atoms with E-state index in [4.69, 9.17) is 0 Å². The van der Waals surface area contributed by atoms with Crippen molar-refractivity contribution in [2.75, 3.05) is 13.1 Å². The van der Waals surface area contributed by atoms with Crippen LogP contribution in [0.5, 0.6) is 0 Å². The first-order valence-corrected chi connectivity index (χ1v) is 7.96. The highest BCUT2D eigenvalue weighted by Crippen LogP contribution is 2.25. The van der Waals surface area contributed by atoms with Crippen molar-refractivity contribution in [3.8, 4) is 0 Å². The van der Waals surface area contributed by atoms with Gasteiger partial charge in [-0.1, -0.05) is 6.92 Å². The van der Waals surface area contributed by atoms with E-state index in [2.05, 4.69) is 21.9 Å². The molecule has 1 N–H and O–H groups in total. The van der Waals surface area contributed by atoms with Crippen LogP contribution in [0.3, 0.4) is 0 Å². The lowest BCUT2D eigenvalue weighted by atomic mass is 9.97. The lowest BCUT2D eigenvalue weighted by Crippen LogP contribution is -2.41. The van der Waals surface area contributed by atoms with Crippen molar-refractivity contribution < 1.29 is 4.79 Å². The number of aromatic nitrogens is 4. The Balaban J connectivity index is 1.65. The maximum absolute atomic E-state index is 12.6. The first-order chi connectivity index (χ1) is 10.7. The summed E-state index contributed by atoms with van der Waals surface area (Å²) in [4.78, 5) is 26.5. The number of likely N-dealkylation sites (tertiary alicyclic amines) is 1. The van der Waals surface area contributed by atoms with Crippen molar-refractivity contribution >= 4 is 5.91 Å². The van der Waals surface area contributed by atoms with Gasteiger partial charge in [-0.3, -0.25) is 4.79 Å². The zero-order valence-corrected chi connectivity index (χ0v) is 13.2. The quantitative estimate of drug-likeness (QED) is 0.937. The van der Waals surface area contributed by atoms with E-state index in [1.54, 1.807) is 6.20 Å². The van der Waals surface area contributed by atoms with Crippen molar-refractivity contribution in [3.63, 3.8) is 0 Å². The maximum Gasteiger partial charge on any atom is 0.242 e. The topological polar surface area (TPSA) is 66.8 Å². The summed E-state index contributed by atoms with van der Waals surface area (Å²) < 4.78 is 1.95. The lowest BCUT2D eigenvalue weighted by Gasteiger charge is -2.32. The number of rotatable bonds is 4. The number of hydrogen-bond acceptors (Lipinski definition) is 3. The van der Waals surface area contributed by atoms with Crippen molar-refractivity contribution in [1.82, 2.24) is 24.4 Å². The van der Waals surface area contributed by atoms with Crippen LogP contribution in [0.1, 0.15) is 43.0 Å². The van der Waals surface area contributed by atoms with Gasteiger partial charge >= 0.3 is 0 Å². The van der Waals surface area contributed by atoms with Crippen LogP contribution in [-0.2, 0) is 17.8 Å². The number of imidazole rings is 2. The number of carbonyl (C=O) groups is 1. The summed E-state index contributed by atoms with van der Waals surface area (Å²) in [6.45, 7) is 6.03. The van der Waals surface area contributed by atoms with Crippen LogP contribution in [0.25, 0.3) is 0 Å². The molecule has 1 amide bonds.